The second-order valence-electron chi connectivity index (χ2n) is 3.06. The Kier molecular flexibility index (Phi) is 3.19. The lowest BCUT2D eigenvalue weighted by molar-refractivity contribution is -0.386. The van der Waals surface area contributed by atoms with Crippen molar-refractivity contribution in [3.05, 3.63) is 21.6 Å². The molecule has 78 valence electrons. The topological polar surface area (TPSA) is 89.4 Å². The molecule has 1 N–H and O–H groups in total. The molecule has 1 rings (SSSR count). The van der Waals surface area contributed by atoms with Crippen LogP contribution in [0.5, 0.6) is 0 Å². The zero-order valence-corrected chi connectivity index (χ0v) is 8.06. The highest BCUT2D eigenvalue weighted by Crippen LogP contribution is 2.24. The molecule has 0 aromatic carbocycles. The summed E-state index contributed by atoms with van der Waals surface area (Å²) in [4.78, 5) is 10.1. The molecule has 14 heavy (non-hydrogen) atoms. The van der Waals surface area contributed by atoms with E-state index in [1.807, 2.05) is 0 Å². The number of nitro groups is 1. The minimum atomic E-state index is -0.624. The van der Waals surface area contributed by atoms with Crippen molar-refractivity contribution < 1.29 is 14.6 Å². The number of aliphatic hydroxyl groups is 1. The summed E-state index contributed by atoms with van der Waals surface area (Å²) in [5, 5.41) is 23.4. The average molecular weight is 200 g/mol. The largest absolute Gasteiger partial charge is 0.393 e. The highest BCUT2D eigenvalue weighted by molar-refractivity contribution is 5.37. The third-order valence-electron chi connectivity index (χ3n) is 1.97. The van der Waals surface area contributed by atoms with Gasteiger partial charge in [0.05, 0.1) is 11.0 Å². The zero-order valence-electron chi connectivity index (χ0n) is 8.06. The number of nitrogens with zero attached hydrogens (tertiary/aromatic N) is 2. The van der Waals surface area contributed by atoms with Gasteiger partial charge in [-0.1, -0.05) is 12.1 Å². The van der Waals surface area contributed by atoms with Crippen LogP contribution in [0, 0.1) is 17.0 Å². The molecule has 0 radical (unpaired) electrons. The molecule has 1 atom stereocenters. The van der Waals surface area contributed by atoms with Crippen molar-refractivity contribution in [1.82, 2.24) is 5.16 Å². The Balaban J connectivity index is 2.92. The number of rotatable bonds is 4. The molecule has 0 bridgehead atoms. The monoisotopic (exact) mass is 200 g/mol. The Morgan fingerprint density at radius 1 is 1.71 bits per heavy atom. The number of aromatic nitrogens is 1. The van der Waals surface area contributed by atoms with Gasteiger partial charge in [-0.2, -0.15) is 0 Å². The summed E-state index contributed by atoms with van der Waals surface area (Å²) >= 11 is 0. The van der Waals surface area contributed by atoms with Crippen LogP contribution in [0.4, 0.5) is 5.69 Å². The van der Waals surface area contributed by atoms with Gasteiger partial charge in [0.2, 0.25) is 5.76 Å². The van der Waals surface area contributed by atoms with E-state index in [1.54, 1.807) is 6.92 Å². The van der Waals surface area contributed by atoms with Gasteiger partial charge in [0.1, 0.15) is 0 Å². The van der Waals surface area contributed by atoms with Gasteiger partial charge in [0, 0.05) is 6.42 Å². The van der Waals surface area contributed by atoms with Crippen LogP contribution >= 0.6 is 0 Å². The Bertz CT molecular complexity index is 334. The van der Waals surface area contributed by atoms with E-state index in [2.05, 4.69) is 5.16 Å². The molecule has 0 aliphatic carbocycles. The van der Waals surface area contributed by atoms with E-state index in [9.17, 15) is 15.2 Å². The van der Waals surface area contributed by atoms with Crippen molar-refractivity contribution >= 4 is 5.69 Å². The van der Waals surface area contributed by atoms with Crippen molar-refractivity contribution in [2.24, 2.45) is 0 Å². The van der Waals surface area contributed by atoms with Gasteiger partial charge >= 0.3 is 5.69 Å². The van der Waals surface area contributed by atoms with Gasteiger partial charge in [-0.25, -0.2) is 0 Å². The summed E-state index contributed by atoms with van der Waals surface area (Å²) in [5.41, 5.74) is 0.116. The van der Waals surface area contributed by atoms with Gasteiger partial charge in [-0.15, -0.1) is 0 Å². The molecule has 1 heterocycles. The Hall–Kier alpha value is -1.43. The van der Waals surface area contributed by atoms with E-state index in [0.29, 0.717) is 6.42 Å². The fraction of sp³-hybridized carbons (Fsp3) is 0.625. The average Bonchev–Trinajstić information content (AvgIpc) is 2.46. The van der Waals surface area contributed by atoms with E-state index in [1.165, 1.54) is 6.92 Å². The zero-order chi connectivity index (χ0) is 10.7. The van der Waals surface area contributed by atoms with Crippen LogP contribution in [0.25, 0.3) is 0 Å². The molecule has 0 aliphatic rings. The van der Waals surface area contributed by atoms with Crippen LogP contribution in [0.15, 0.2) is 4.52 Å². The summed E-state index contributed by atoms with van der Waals surface area (Å²) in [6.07, 6.45) is 0.0333. The first-order valence-electron chi connectivity index (χ1n) is 4.33. The fourth-order valence-corrected chi connectivity index (χ4v) is 1.14. The number of aliphatic hydroxyl groups excluding tert-OH is 1. The maximum absolute atomic E-state index is 10.6. The molecule has 1 aromatic rings. The second-order valence-corrected chi connectivity index (χ2v) is 3.06. The van der Waals surface area contributed by atoms with Gasteiger partial charge < -0.3 is 9.63 Å². The summed E-state index contributed by atoms with van der Waals surface area (Å²) < 4.78 is 4.78. The quantitative estimate of drug-likeness (QED) is 0.582. The minimum Gasteiger partial charge on any atom is -0.393 e. The SMILES string of the molecule is CC[C@@H](O)Cc1onc(C)c1[N+](=O)[O-]. The third kappa shape index (κ3) is 2.08. The van der Waals surface area contributed by atoms with Crippen LogP contribution < -0.4 is 0 Å². The molecule has 1 aromatic heterocycles. The summed E-state index contributed by atoms with van der Waals surface area (Å²) in [6.45, 7) is 3.29. The molecule has 0 unspecified atom stereocenters. The molecule has 6 heteroatoms. The minimum absolute atomic E-state index is 0.127. The van der Waals surface area contributed by atoms with Crippen molar-refractivity contribution in [3.8, 4) is 0 Å². The van der Waals surface area contributed by atoms with Crippen molar-refractivity contribution in [1.29, 1.82) is 0 Å². The van der Waals surface area contributed by atoms with E-state index >= 15 is 0 Å². The van der Waals surface area contributed by atoms with Crippen LogP contribution in [-0.2, 0) is 6.42 Å². The molecular formula is C8H12N2O4. The van der Waals surface area contributed by atoms with Gasteiger partial charge in [0.25, 0.3) is 0 Å². The predicted octanol–water partition coefficient (Wildman–Crippen LogP) is 1.20. The second kappa shape index (κ2) is 4.19. The first-order valence-corrected chi connectivity index (χ1v) is 4.33. The van der Waals surface area contributed by atoms with E-state index in [-0.39, 0.29) is 23.6 Å². The molecule has 0 fully saturated rings. The molecule has 0 saturated carbocycles. The summed E-state index contributed by atoms with van der Waals surface area (Å²) in [5.74, 6) is 0.141. The molecule has 0 amide bonds. The molecular weight excluding hydrogens is 188 g/mol. The van der Waals surface area contributed by atoms with Crippen LogP contribution in [0.2, 0.25) is 0 Å². The van der Waals surface area contributed by atoms with Crippen LogP contribution in [0.1, 0.15) is 24.8 Å². The molecule has 6 nitrogen and oxygen atoms in total. The lowest BCUT2D eigenvalue weighted by atomic mass is 10.1. The summed E-state index contributed by atoms with van der Waals surface area (Å²) in [7, 11) is 0. The van der Waals surface area contributed by atoms with Crippen molar-refractivity contribution in [2.75, 3.05) is 0 Å². The smallest absolute Gasteiger partial charge is 0.334 e. The molecule has 0 saturated heterocycles. The standard InChI is InChI=1S/C8H12N2O4/c1-3-6(11)4-7-8(10(12)13)5(2)9-14-7/h6,11H,3-4H2,1-2H3/t6-/m1/s1. The van der Waals surface area contributed by atoms with Crippen LogP contribution in [-0.4, -0.2) is 21.3 Å². The number of hydrogen-bond donors (Lipinski definition) is 1. The Morgan fingerprint density at radius 3 is 2.86 bits per heavy atom. The van der Waals surface area contributed by atoms with Crippen molar-refractivity contribution in [2.45, 2.75) is 32.8 Å². The Labute approximate surface area is 80.7 Å². The Morgan fingerprint density at radius 2 is 2.36 bits per heavy atom. The highest BCUT2D eigenvalue weighted by atomic mass is 16.6. The molecule has 0 aliphatic heterocycles. The van der Waals surface area contributed by atoms with E-state index in [4.69, 9.17) is 4.52 Å². The highest BCUT2D eigenvalue weighted by Gasteiger charge is 2.25. The fourth-order valence-electron chi connectivity index (χ4n) is 1.14. The third-order valence-corrected chi connectivity index (χ3v) is 1.97. The lowest BCUT2D eigenvalue weighted by Crippen LogP contribution is -2.09. The van der Waals surface area contributed by atoms with Gasteiger partial charge in [-0.05, 0) is 13.3 Å². The van der Waals surface area contributed by atoms with Crippen LogP contribution in [0.3, 0.4) is 0 Å². The first-order chi connectivity index (χ1) is 6.56. The van der Waals surface area contributed by atoms with Gasteiger partial charge in [-0.3, -0.25) is 10.1 Å². The predicted molar refractivity (Wildman–Crippen MR) is 47.9 cm³/mol. The van der Waals surface area contributed by atoms with E-state index in [0.717, 1.165) is 0 Å². The maximum Gasteiger partial charge on any atom is 0.334 e. The number of hydrogen-bond acceptors (Lipinski definition) is 5. The molecule has 0 spiro atoms. The van der Waals surface area contributed by atoms with E-state index < -0.39 is 11.0 Å². The first kappa shape index (κ1) is 10.6. The normalized spacial score (nSPS) is 12.8. The maximum atomic E-state index is 10.6. The van der Waals surface area contributed by atoms with Crippen molar-refractivity contribution in [3.63, 3.8) is 0 Å². The number of aryl methyl sites for hydroxylation is 1. The summed E-state index contributed by atoms with van der Waals surface area (Å²) in [6, 6.07) is 0. The van der Waals surface area contributed by atoms with Gasteiger partial charge in [0.15, 0.2) is 5.69 Å². The lowest BCUT2D eigenvalue weighted by Gasteiger charge is -2.02.